The van der Waals surface area contributed by atoms with Crippen LogP contribution in [0.25, 0.3) is 22.3 Å². The lowest BCUT2D eigenvalue weighted by Gasteiger charge is -2.22. The molecule has 11 atom stereocenters. The number of nitrogens with zero attached hydrogens (tertiary/aromatic N) is 4. The number of carbonyl (C=O) groups is 2. The van der Waals surface area contributed by atoms with E-state index in [-0.39, 0.29) is 50.3 Å². The molecule has 6 nitrogen and oxygen atoms in total. The number of thiophene rings is 1. The molecule has 4 aromatic rings. The maximum Gasteiger partial charge on any atom is 0.194 e. The molecule has 1 aromatic heterocycles. The topological polar surface area (TPSA) is 129 Å². The van der Waals surface area contributed by atoms with Crippen molar-refractivity contribution in [3.8, 4) is 24.3 Å². The number of ketones is 2. The van der Waals surface area contributed by atoms with Crippen molar-refractivity contribution in [1.29, 1.82) is 21.0 Å². The second-order valence-electron chi connectivity index (χ2n) is 28.2. The molecule has 0 N–H and O–H groups in total. The molecule has 0 saturated carbocycles. The van der Waals surface area contributed by atoms with Gasteiger partial charge >= 0.3 is 0 Å². The van der Waals surface area contributed by atoms with Crippen molar-refractivity contribution in [3.05, 3.63) is 176 Å². The highest BCUT2D eigenvalue weighted by Crippen LogP contribution is 2.70. The number of allylic oxidation sites excluding steroid dienone is 10. The molecule has 0 amide bonds. The normalized spacial score (nSPS) is 26.5. The Hall–Kier alpha value is -4.01. The zero-order chi connectivity index (χ0) is 69.2. The molecule has 11 unspecified atom stereocenters. The minimum absolute atomic E-state index is 0.0130. The number of Topliss-reactive ketones (excluding diaryl/α,β-unsaturated/α-hetero) is 2. The SMILES string of the molecule is CCCCCCc1ccc(S/C(SC2CCC(CCCCCC)S2)=C2\c3cc4c(cc3C3SC(/C=C5\C(=O)c6ccccc6C5=C(C#N)C#N)=CC23)C(=C(SC2CCC(CCCCCC)S2)SC2CCC(CCCCCC)S2)C2CC(/C=C3\C(=O)c5ccccc5C3=C(C#N)C#N)SC42)s1. The van der Waals surface area contributed by atoms with E-state index in [1.54, 1.807) is 0 Å². The van der Waals surface area contributed by atoms with Gasteiger partial charge in [0.05, 0.1) is 22.2 Å². The Morgan fingerprint density at radius 3 is 1.52 bits per heavy atom. The minimum atomic E-state index is -0.148. The van der Waals surface area contributed by atoms with E-state index in [1.165, 1.54) is 211 Å². The number of carbonyl (C=O) groups excluding carboxylic acids is 2. The monoisotopic (exact) mass is 1510 g/mol. The van der Waals surface area contributed by atoms with Crippen LogP contribution in [0.2, 0.25) is 0 Å². The van der Waals surface area contributed by atoms with E-state index in [0.717, 1.165) is 17.7 Å². The zero-order valence-corrected chi connectivity index (χ0v) is 66.5. The van der Waals surface area contributed by atoms with E-state index in [9.17, 15) is 30.6 Å². The highest BCUT2D eigenvalue weighted by Gasteiger charge is 2.51. The average Bonchev–Trinajstić information content (AvgIpc) is 1.55. The van der Waals surface area contributed by atoms with Crippen LogP contribution in [-0.4, -0.2) is 46.3 Å². The largest absolute Gasteiger partial charge is 0.289 e. The lowest BCUT2D eigenvalue weighted by Crippen LogP contribution is -2.06. The first-order valence-corrected chi connectivity index (χ1v) is 46.2. The number of fused-ring (bicyclic) bond motifs is 8. The molecule has 520 valence electrons. The van der Waals surface area contributed by atoms with Crippen molar-refractivity contribution < 1.29 is 9.59 Å². The van der Waals surface area contributed by atoms with Crippen LogP contribution in [0.1, 0.15) is 264 Å². The predicted molar refractivity (Wildman–Crippen MR) is 439 cm³/mol. The van der Waals surface area contributed by atoms with Crippen LogP contribution in [0.15, 0.2) is 131 Å². The summed E-state index contributed by atoms with van der Waals surface area (Å²) in [6.07, 6.45) is 40.0. The van der Waals surface area contributed by atoms with Crippen molar-refractivity contribution in [2.75, 3.05) is 0 Å². The quantitative estimate of drug-likeness (QED) is 0.0212. The second kappa shape index (κ2) is 35.4. The van der Waals surface area contributed by atoms with Gasteiger partial charge in [0.25, 0.3) is 0 Å². The van der Waals surface area contributed by atoms with Crippen LogP contribution >= 0.6 is 117 Å². The van der Waals surface area contributed by atoms with E-state index < -0.39 is 0 Å². The highest BCUT2D eigenvalue weighted by molar-refractivity contribution is 8.32. The first-order chi connectivity index (χ1) is 49.0. The third-order valence-electron chi connectivity index (χ3n) is 21.3. The molecule has 4 aliphatic carbocycles. The van der Waals surface area contributed by atoms with Gasteiger partial charge < -0.3 is 0 Å². The van der Waals surface area contributed by atoms with E-state index in [2.05, 4.69) is 159 Å². The van der Waals surface area contributed by atoms with Crippen LogP contribution in [-0.2, 0) is 6.42 Å². The van der Waals surface area contributed by atoms with Gasteiger partial charge in [0.15, 0.2) is 11.6 Å². The first kappa shape index (κ1) is 74.3. The summed E-state index contributed by atoms with van der Waals surface area (Å²) < 4.78 is 5.50. The zero-order valence-electron chi connectivity index (χ0n) is 58.3. The maximum atomic E-state index is 14.8. The molecule has 3 aromatic carbocycles. The van der Waals surface area contributed by atoms with Gasteiger partial charge in [-0.3, -0.25) is 9.59 Å². The molecule has 6 heterocycles. The molecule has 16 heteroatoms. The van der Waals surface area contributed by atoms with Gasteiger partial charge in [-0.2, -0.15) is 21.0 Å². The number of thioether (sulfide) groups is 9. The Morgan fingerprint density at radius 2 is 0.990 bits per heavy atom. The molecule has 0 spiro atoms. The van der Waals surface area contributed by atoms with Crippen LogP contribution in [0.5, 0.6) is 0 Å². The average molecular weight is 1510 g/mol. The van der Waals surface area contributed by atoms with Crippen LogP contribution in [0.3, 0.4) is 0 Å². The van der Waals surface area contributed by atoms with Gasteiger partial charge in [-0.1, -0.05) is 196 Å². The Morgan fingerprint density at radius 1 is 0.510 bits per heavy atom. The number of rotatable bonds is 30. The second-order valence-corrected chi connectivity index (χ2v) is 42.8. The fourth-order valence-electron chi connectivity index (χ4n) is 16.3. The third kappa shape index (κ3) is 16.5. The Kier molecular flexibility index (Phi) is 26.3. The Bertz CT molecular complexity index is 4090. The number of unbranched alkanes of at least 4 members (excludes halogenated alkanes) is 12. The van der Waals surface area contributed by atoms with E-state index in [0.29, 0.717) is 74.0 Å². The summed E-state index contributed by atoms with van der Waals surface area (Å²) in [5, 5.41) is 44.1. The Balaban J connectivity index is 0.977. The number of benzene rings is 3. The third-order valence-corrected chi connectivity index (χ3v) is 36.4. The lowest BCUT2D eigenvalue weighted by atomic mass is 9.93. The van der Waals surface area contributed by atoms with Gasteiger partial charge in [-0.25, -0.2) is 0 Å². The number of nitriles is 4. The summed E-state index contributed by atoms with van der Waals surface area (Å²) in [4.78, 5) is 32.0. The van der Waals surface area contributed by atoms with E-state index in [4.69, 9.17) is 0 Å². The Labute approximate surface area is 638 Å². The smallest absolute Gasteiger partial charge is 0.194 e. The van der Waals surface area contributed by atoms with Gasteiger partial charge in [0, 0.05) is 90.8 Å². The summed E-state index contributed by atoms with van der Waals surface area (Å²) in [7, 11) is 0. The molecular weight excluding hydrogens is 1420 g/mol. The maximum absolute atomic E-state index is 14.8. The molecule has 0 radical (unpaired) electrons. The van der Waals surface area contributed by atoms with Crippen molar-refractivity contribution in [2.45, 2.75) is 251 Å². The summed E-state index contributed by atoms with van der Waals surface area (Å²) >= 11 is 21.0. The van der Waals surface area contributed by atoms with Crippen LogP contribution < -0.4 is 0 Å². The molecule has 4 fully saturated rings. The van der Waals surface area contributed by atoms with Gasteiger partial charge in [0.1, 0.15) is 35.4 Å². The minimum Gasteiger partial charge on any atom is -0.289 e. The highest BCUT2D eigenvalue weighted by atomic mass is 32.3. The van der Waals surface area contributed by atoms with Gasteiger partial charge in [-0.15, -0.1) is 105 Å². The van der Waals surface area contributed by atoms with Crippen LogP contribution in [0.4, 0.5) is 0 Å². The van der Waals surface area contributed by atoms with E-state index in [1.807, 2.05) is 101 Å². The number of hydrogen-bond donors (Lipinski definition) is 0. The summed E-state index contributed by atoms with van der Waals surface area (Å²) in [6.45, 7) is 9.20. The molecule has 5 aliphatic heterocycles. The fraction of sp³-hybridized carbons (Fsp3) is 0.500. The summed E-state index contributed by atoms with van der Waals surface area (Å²) in [6, 6.07) is 33.8. The summed E-state index contributed by atoms with van der Waals surface area (Å²) in [5.41, 5.74) is 12.4. The van der Waals surface area contributed by atoms with Crippen molar-refractivity contribution >= 4 is 151 Å². The number of hydrogen-bond acceptors (Lipinski definition) is 16. The van der Waals surface area contributed by atoms with Crippen molar-refractivity contribution in [2.24, 2.45) is 11.8 Å². The molecular formula is C84H92N4O2S10. The van der Waals surface area contributed by atoms with E-state index >= 15 is 0 Å². The number of aryl methyl sites for hydroxylation is 1. The van der Waals surface area contributed by atoms with Crippen molar-refractivity contribution in [1.82, 2.24) is 0 Å². The first-order valence-electron chi connectivity index (χ1n) is 37.3. The molecule has 9 aliphatic rings. The molecule has 0 bridgehead atoms. The molecule has 13 rings (SSSR count). The fourth-order valence-corrected chi connectivity index (χ4v) is 33.4. The van der Waals surface area contributed by atoms with Gasteiger partial charge in [-0.05, 0) is 152 Å². The predicted octanol–water partition coefficient (Wildman–Crippen LogP) is 26.5. The molecule has 100 heavy (non-hydrogen) atoms. The lowest BCUT2D eigenvalue weighted by molar-refractivity contribution is 0.103. The van der Waals surface area contributed by atoms with Crippen molar-refractivity contribution in [3.63, 3.8) is 0 Å². The van der Waals surface area contributed by atoms with Gasteiger partial charge in [0.2, 0.25) is 0 Å². The standard InChI is InChI=1S/C84H92N4O2S10/c1-5-9-13-17-25-53-33-37-71(91-53)97-83(98-72-38-34-54(92-72)26-18-14-10-6-2)77-63-45-66-64(46-65(63)81-69(77)43-57(95-81)41-67-75(51(47-85)48-86)59-29-21-23-31-61(59)79(67)89)78(70-44-58(96-82(66)70)42-68-76(52(49-87)50-88)60-30-22-24-32-62(60)80(68)90)84(99-73-39-35-55(93-73)27-19-15-11-7-3)100-74-40-36-56(94-74)28-20-16-12-8-4/h21-24,29-33,37,41-43,45-46,54-56,58,69-70,72-74,81-82H,5-20,25-28,34-36,38-40,44H2,1-4H3/b67-41-,68-42-,83-77-,84-78?. The molecule has 4 saturated heterocycles. The summed E-state index contributed by atoms with van der Waals surface area (Å²) in [5.74, 6) is -0.116. The van der Waals surface area contributed by atoms with Crippen LogP contribution in [0, 0.1) is 57.2 Å².